The van der Waals surface area contributed by atoms with Crippen molar-refractivity contribution >= 4 is 39.1 Å². The van der Waals surface area contributed by atoms with Crippen LogP contribution in [0.1, 0.15) is 10.4 Å². The first-order valence-electron chi connectivity index (χ1n) is 5.37. The van der Waals surface area contributed by atoms with Crippen LogP contribution in [0.3, 0.4) is 0 Å². The van der Waals surface area contributed by atoms with Crippen molar-refractivity contribution in [1.82, 2.24) is 4.98 Å². The van der Waals surface area contributed by atoms with Gasteiger partial charge in [-0.2, -0.15) is 0 Å². The fourth-order valence-electron chi connectivity index (χ4n) is 1.52. The van der Waals surface area contributed by atoms with Crippen LogP contribution < -0.4 is 5.32 Å². The molecule has 0 radical (unpaired) electrons. The van der Waals surface area contributed by atoms with Crippen LogP contribution in [0.25, 0.3) is 0 Å². The number of benzene rings is 1. The second-order valence-electron chi connectivity index (χ2n) is 3.79. The normalized spacial score (nSPS) is 10.1. The predicted octanol–water partition coefficient (Wildman–Crippen LogP) is 3.19. The van der Waals surface area contributed by atoms with Crippen LogP contribution in [0.5, 0.6) is 0 Å². The summed E-state index contributed by atoms with van der Waals surface area (Å²) in [6, 6.07) is 7.99. The summed E-state index contributed by atoms with van der Waals surface area (Å²) in [6.07, 6.45) is 1.01. The number of nitrogens with zero attached hydrogens (tertiary/aromatic N) is 2. The Morgan fingerprint density at radius 3 is 2.75 bits per heavy atom. The van der Waals surface area contributed by atoms with Crippen molar-refractivity contribution in [3.8, 4) is 0 Å². The van der Waals surface area contributed by atoms with Crippen LogP contribution in [0, 0.1) is 10.1 Å². The topological polar surface area (TPSA) is 105 Å². The number of hydrogen-bond donors (Lipinski definition) is 2. The average Bonchev–Trinajstić information content (AvgIpc) is 2.38. The van der Waals surface area contributed by atoms with Crippen molar-refractivity contribution in [1.29, 1.82) is 0 Å². The minimum absolute atomic E-state index is 0.0428. The number of pyridine rings is 1. The predicted molar refractivity (Wildman–Crippen MR) is 75.3 cm³/mol. The average molecular weight is 338 g/mol. The zero-order valence-corrected chi connectivity index (χ0v) is 11.5. The molecule has 2 N–H and O–H groups in total. The maximum Gasteiger partial charge on any atom is 0.339 e. The van der Waals surface area contributed by atoms with Crippen LogP contribution in [-0.4, -0.2) is 21.0 Å². The largest absolute Gasteiger partial charge is 0.478 e. The second-order valence-corrected chi connectivity index (χ2v) is 4.70. The number of nitrogens with one attached hydrogen (secondary N) is 1. The van der Waals surface area contributed by atoms with E-state index >= 15 is 0 Å². The fourth-order valence-corrected chi connectivity index (χ4v) is 1.92. The van der Waals surface area contributed by atoms with Gasteiger partial charge in [0.15, 0.2) is 0 Å². The molecule has 1 heterocycles. The van der Waals surface area contributed by atoms with E-state index in [0.717, 1.165) is 16.7 Å². The monoisotopic (exact) mass is 337 g/mol. The molecule has 0 aliphatic carbocycles. The lowest BCUT2D eigenvalue weighted by atomic mass is 10.2. The number of aromatic nitrogens is 1. The van der Waals surface area contributed by atoms with Crippen LogP contribution in [0.4, 0.5) is 17.2 Å². The summed E-state index contributed by atoms with van der Waals surface area (Å²) in [7, 11) is 0. The standard InChI is InChI=1S/C12H8BrN3O4/c13-7-2-1-3-8(4-7)15-11-10(12(17)18)5-9(6-14-11)16(19)20/h1-6H,(H,14,15)(H,17,18). The molecule has 1 aromatic heterocycles. The highest BCUT2D eigenvalue weighted by Gasteiger charge is 2.17. The van der Waals surface area contributed by atoms with Crippen LogP contribution in [0.2, 0.25) is 0 Å². The summed E-state index contributed by atoms with van der Waals surface area (Å²) in [5.41, 5.74) is -0.0235. The molecule has 0 saturated heterocycles. The molecule has 7 nitrogen and oxygen atoms in total. The van der Waals surface area contributed by atoms with Gasteiger partial charge in [-0.1, -0.05) is 22.0 Å². The Balaban J connectivity index is 2.41. The summed E-state index contributed by atoms with van der Waals surface area (Å²) >= 11 is 3.29. The summed E-state index contributed by atoms with van der Waals surface area (Å²) in [4.78, 5) is 24.9. The van der Waals surface area contributed by atoms with Gasteiger partial charge in [-0.05, 0) is 18.2 Å². The lowest BCUT2D eigenvalue weighted by Gasteiger charge is -2.08. The van der Waals surface area contributed by atoms with Crippen molar-refractivity contribution in [2.45, 2.75) is 0 Å². The molecule has 0 saturated carbocycles. The molecular formula is C12H8BrN3O4. The highest BCUT2D eigenvalue weighted by molar-refractivity contribution is 9.10. The smallest absolute Gasteiger partial charge is 0.339 e. The minimum Gasteiger partial charge on any atom is -0.478 e. The number of nitro groups is 1. The lowest BCUT2D eigenvalue weighted by molar-refractivity contribution is -0.385. The molecule has 2 rings (SSSR count). The van der Waals surface area contributed by atoms with E-state index in [-0.39, 0.29) is 17.1 Å². The molecule has 0 aliphatic heterocycles. The molecule has 0 atom stereocenters. The van der Waals surface area contributed by atoms with E-state index in [4.69, 9.17) is 5.11 Å². The molecule has 0 amide bonds. The number of hydrogen-bond acceptors (Lipinski definition) is 5. The molecule has 0 fully saturated rings. The van der Waals surface area contributed by atoms with E-state index in [0.29, 0.717) is 5.69 Å². The maximum atomic E-state index is 11.1. The molecule has 8 heteroatoms. The number of rotatable bonds is 4. The fraction of sp³-hybridized carbons (Fsp3) is 0. The van der Waals surface area contributed by atoms with Crippen molar-refractivity contribution < 1.29 is 14.8 Å². The van der Waals surface area contributed by atoms with E-state index < -0.39 is 10.9 Å². The molecule has 102 valence electrons. The SMILES string of the molecule is O=C(O)c1cc([N+](=O)[O-])cnc1Nc1cccc(Br)c1. The van der Waals surface area contributed by atoms with Crippen molar-refractivity contribution in [3.05, 3.63) is 56.7 Å². The molecule has 1 aromatic carbocycles. The highest BCUT2D eigenvalue weighted by Crippen LogP contribution is 2.24. The number of aromatic carboxylic acids is 1. The third-order valence-corrected chi connectivity index (χ3v) is 2.90. The highest BCUT2D eigenvalue weighted by atomic mass is 79.9. The van der Waals surface area contributed by atoms with Crippen molar-refractivity contribution in [2.75, 3.05) is 5.32 Å². The van der Waals surface area contributed by atoms with Gasteiger partial charge in [0.2, 0.25) is 0 Å². The van der Waals surface area contributed by atoms with Gasteiger partial charge in [-0.15, -0.1) is 0 Å². The zero-order valence-electron chi connectivity index (χ0n) is 9.91. The van der Waals surface area contributed by atoms with E-state index in [1.807, 2.05) is 6.07 Å². The summed E-state index contributed by atoms with van der Waals surface area (Å²) < 4.78 is 0.807. The zero-order chi connectivity index (χ0) is 14.7. The van der Waals surface area contributed by atoms with Gasteiger partial charge in [-0.25, -0.2) is 9.78 Å². The summed E-state index contributed by atoms with van der Waals surface area (Å²) in [6.45, 7) is 0. The Morgan fingerprint density at radius 2 is 2.15 bits per heavy atom. The number of carboxylic acids is 1. The van der Waals surface area contributed by atoms with Crippen LogP contribution >= 0.6 is 15.9 Å². The number of anilines is 2. The Hall–Kier alpha value is -2.48. The van der Waals surface area contributed by atoms with Gasteiger partial charge in [-0.3, -0.25) is 10.1 Å². The lowest BCUT2D eigenvalue weighted by Crippen LogP contribution is -2.06. The first-order chi connectivity index (χ1) is 9.47. The third-order valence-electron chi connectivity index (χ3n) is 2.40. The Morgan fingerprint density at radius 1 is 1.40 bits per heavy atom. The Bertz CT molecular complexity index is 690. The molecule has 0 spiro atoms. The second kappa shape index (κ2) is 5.66. The molecule has 2 aromatic rings. The molecule has 0 bridgehead atoms. The number of halogens is 1. The molecular weight excluding hydrogens is 330 g/mol. The van der Waals surface area contributed by atoms with Gasteiger partial charge >= 0.3 is 5.97 Å². The van der Waals surface area contributed by atoms with Gasteiger partial charge in [0.25, 0.3) is 5.69 Å². The Labute approximate surface area is 121 Å². The molecule has 20 heavy (non-hydrogen) atoms. The third kappa shape index (κ3) is 3.09. The van der Waals surface area contributed by atoms with Gasteiger partial charge in [0.05, 0.1) is 4.92 Å². The van der Waals surface area contributed by atoms with Crippen molar-refractivity contribution in [3.63, 3.8) is 0 Å². The molecule has 0 unspecified atom stereocenters. The van der Waals surface area contributed by atoms with Crippen molar-refractivity contribution in [2.24, 2.45) is 0 Å². The van der Waals surface area contributed by atoms with E-state index in [9.17, 15) is 14.9 Å². The number of carbonyl (C=O) groups is 1. The summed E-state index contributed by atoms with van der Waals surface area (Å²) in [5, 5.41) is 22.5. The minimum atomic E-state index is -1.29. The molecule has 0 aliphatic rings. The van der Waals surface area contributed by atoms with Crippen LogP contribution in [0.15, 0.2) is 41.0 Å². The first-order valence-corrected chi connectivity index (χ1v) is 6.17. The maximum absolute atomic E-state index is 11.1. The van der Waals surface area contributed by atoms with E-state index in [1.165, 1.54) is 0 Å². The Kier molecular flexibility index (Phi) is 3.94. The quantitative estimate of drug-likeness (QED) is 0.655. The van der Waals surface area contributed by atoms with E-state index in [1.54, 1.807) is 18.2 Å². The van der Waals surface area contributed by atoms with Crippen LogP contribution in [-0.2, 0) is 0 Å². The summed E-state index contributed by atoms with van der Waals surface area (Å²) in [5.74, 6) is -1.25. The van der Waals surface area contributed by atoms with E-state index in [2.05, 4.69) is 26.2 Å². The number of carboxylic acid groups (broad SMARTS) is 1. The first kappa shape index (κ1) is 13.9. The van der Waals surface area contributed by atoms with Gasteiger partial charge in [0.1, 0.15) is 17.6 Å². The van der Waals surface area contributed by atoms with Gasteiger partial charge in [0, 0.05) is 16.2 Å². The van der Waals surface area contributed by atoms with Gasteiger partial charge < -0.3 is 10.4 Å².